The zero-order valence-corrected chi connectivity index (χ0v) is 11.8. The summed E-state index contributed by atoms with van der Waals surface area (Å²) in [6.07, 6.45) is 1.54. The molecule has 0 N–H and O–H groups in total. The van der Waals surface area contributed by atoms with Gasteiger partial charge < -0.3 is 0 Å². The second-order valence-corrected chi connectivity index (χ2v) is 3.26. The van der Waals surface area contributed by atoms with Gasteiger partial charge in [0.25, 0.3) is 0 Å². The topological polar surface area (TPSA) is 36.7 Å². The summed E-state index contributed by atoms with van der Waals surface area (Å²) in [5.41, 5.74) is 1.35. The number of hydrogen-bond acceptors (Lipinski definition) is 2. The molecule has 0 aliphatic rings. The molecule has 3 heteroatoms. The van der Waals surface area contributed by atoms with Crippen molar-refractivity contribution in [2.24, 2.45) is 0 Å². The summed E-state index contributed by atoms with van der Waals surface area (Å²) in [7, 11) is 0. The van der Waals surface area contributed by atoms with Gasteiger partial charge in [0.05, 0.1) is 16.3 Å². The Balaban J connectivity index is 0. The molecule has 0 aliphatic carbocycles. The van der Waals surface area contributed by atoms with E-state index < -0.39 is 0 Å². The van der Waals surface area contributed by atoms with Crippen molar-refractivity contribution in [2.75, 3.05) is 0 Å². The van der Waals surface area contributed by atoms with Gasteiger partial charge >= 0.3 is 0 Å². The van der Waals surface area contributed by atoms with E-state index in [0.717, 1.165) is 5.69 Å². The van der Waals surface area contributed by atoms with Gasteiger partial charge in [-0.25, -0.2) is 0 Å². The van der Waals surface area contributed by atoms with Gasteiger partial charge in [-0.2, -0.15) is 5.26 Å². The minimum absolute atomic E-state index is 0.297. The number of nitrogens with zero attached hydrogens (tertiary/aromatic N) is 2. The smallest absolute Gasteiger partial charge is 0.101 e. The summed E-state index contributed by atoms with van der Waals surface area (Å²) >= 11 is 5.89. The molecule has 1 aromatic rings. The van der Waals surface area contributed by atoms with Gasteiger partial charge in [-0.1, -0.05) is 53.1 Å². The Morgan fingerprint density at radius 2 is 1.75 bits per heavy atom. The van der Waals surface area contributed by atoms with Gasteiger partial charge in [-0.15, -0.1) is 0 Å². The maximum Gasteiger partial charge on any atom is 0.101 e. The van der Waals surface area contributed by atoms with Crippen molar-refractivity contribution < 1.29 is 0 Å². The maximum atomic E-state index is 8.54. The van der Waals surface area contributed by atoms with Crippen molar-refractivity contribution in [3.05, 3.63) is 28.5 Å². The Kier molecular flexibility index (Phi) is 11.3. The second kappa shape index (κ2) is 10.4. The van der Waals surface area contributed by atoms with E-state index in [4.69, 9.17) is 16.9 Å². The summed E-state index contributed by atoms with van der Waals surface area (Å²) in [5.74, 6) is 0.297. The van der Waals surface area contributed by atoms with Crippen molar-refractivity contribution >= 4 is 11.6 Å². The number of pyridine rings is 1. The molecule has 0 fully saturated rings. The summed E-state index contributed by atoms with van der Waals surface area (Å²) in [4.78, 5) is 4.09. The third-order valence-electron chi connectivity index (χ3n) is 1.55. The molecule has 0 atom stereocenters. The quantitative estimate of drug-likeness (QED) is 0.708. The fourth-order valence-electron chi connectivity index (χ4n) is 0.934. The third-order valence-corrected chi connectivity index (χ3v) is 1.85. The van der Waals surface area contributed by atoms with Crippen LogP contribution in [-0.2, 0) is 0 Å². The first-order valence-corrected chi connectivity index (χ1v) is 6.08. The highest BCUT2D eigenvalue weighted by Gasteiger charge is 2.06. The molecule has 1 rings (SSSR count). The first-order chi connectivity index (χ1) is 7.65. The van der Waals surface area contributed by atoms with E-state index in [-0.39, 0.29) is 0 Å². The minimum atomic E-state index is 0.297. The number of nitriles is 1. The van der Waals surface area contributed by atoms with Crippen LogP contribution in [-0.4, -0.2) is 4.98 Å². The fourth-order valence-corrected chi connectivity index (χ4v) is 1.32. The zero-order chi connectivity index (χ0) is 13.1. The zero-order valence-electron chi connectivity index (χ0n) is 11.0. The standard InChI is InChI=1S/C9H9ClN2.2C2H6/c1-6(2)9-8(10)3-7(4-11)5-12-9;2*1-2/h3,5-6H,1-2H3;2*1-2H3. The molecule has 1 aromatic heterocycles. The van der Waals surface area contributed by atoms with Crippen LogP contribution in [0.2, 0.25) is 5.02 Å². The number of rotatable bonds is 1. The van der Waals surface area contributed by atoms with E-state index in [1.165, 1.54) is 0 Å². The van der Waals surface area contributed by atoms with Gasteiger partial charge in [0.15, 0.2) is 0 Å². The van der Waals surface area contributed by atoms with Crippen molar-refractivity contribution in [2.45, 2.75) is 47.5 Å². The highest BCUT2D eigenvalue weighted by molar-refractivity contribution is 6.31. The third kappa shape index (κ3) is 5.72. The predicted molar refractivity (Wildman–Crippen MR) is 70.7 cm³/mol. The molecule has 0 aliphatic heterocycles. The van der Waals surface area contributed by atoms with Crippen LogP contribution < -0.4 is 0 Å². The van der Waals surface area contributed by atoms with Gasteiger partial charge in [0.1, 0.15) is 6.07 Å². The lowest BCUT2D eigenvalue weighted by atomic mass is 10.1. The van der Waals surface area contributed by atoms with Crippen LogP contribution in [0.3, 0.4) is 0 Å². The fraction of sp³-hybridized carbons (Fsp3) is 0.538. The molecule has 0 unspecified atom stereocenters. The average molecular weight is 241 g/mol. The van der Waals surface area contributed by atoms with Crippen LogP contribution in [0.5, 0.6) is 0 Å². The average Bonchev–Trinajstić information content (AvgIpc) is 2.33. The monoisotopic (exact) mass is 240 g/mol. The predicted octanol–water partition coefficient (Wildman–Crippen LogP) is 4.78. The molecule has 0 bridgehead atoms. The molecule has 0 spiro atoms. The number of hydrogen-bond donors (Lipinski definition) is 0. The van der Waals surface area contributed by atoms with E-state index in [1.807, 2.05) is 47.6 Å². The molecular weight excluding hydrogens is 220 g/mol. The lowest BCUT2D eigenvalue weighted by Crippen LogP contribution is -1.94. The maximum absolute atomic E-state index is 8.54. The van der Waals surface area contributed by atoms with Crippen molar-refractivity contribution in [3.8, 4) is 6.07 Å². The van der Waals surface area contributed by atoms with E-state index >= 15 is 0 Å². The van der Waals surface area contributed by atoms with Crippen molar-refractivity contribution in [3.63, 3.8) is 0 Å². The van der Waals surface area contributed by atoms with Crippen molar-refractivity contribution in [1.29, 1.82) is 5.26 Å². The molecule has 0 saturated heterocycles. The van der Waals surface area contributed by atoms with Gasteiger partial charge in [0.2, 0.25) is 0 Å². The summed E-state index contributed by atoms with van der Waals surface area (Å²) in [6.45, 7) is 12.0. The lowest BCUT2D eigenvalue weighted by molar-refractivity contribution is 0.822. The van der Waals surface area contributed by atoms with E-state index in [0.29, 0.717) is 16.5 Å². The van der Waals surface area contributed by atoms with Crippen LogP contribution in [0, 0.1) is 11.3 Å². The molecule has 2 nitrogen and oxygen atoms in total. The van der Waals surface area contributed by atoms with Gasteiger partial charge in [-0.05, 0) is 12.0 Å². The molecule has 0 amide bonds. The van der Waals surface area contributed by atoms with Gasteiger partial charge in [-0.3, -0.25) is 4.98 Å². The van der Waals surface area contributed by atoms with Crippen molar-refractivity contribution in [1.82, 2.24) is 4.98 Å². The summed E-state index contributed by atoms with van der Waals surface area (Å²) in [6, 6.07) is 3.63. The summed E-state index contributed by atoms with van der Waals surface area (Å²) < 4.78 is 0. The van der Waals surface area contributed by atoms with Crippen LogP contribution in [0.25, 0.3) is 0 Å². The first-order valence-electron chi connectivity index (χ1n) is 5.70. The van der Waals surface area contributed by atoms with Crippen LogP contribution in [0.4, 0.5) is 0 Å². The number of halogens is 1. The molecule has 16 heavy (non-hydrogen) atoms. The molecule has 90 valence electrons. The minimum Gasteiger partial charge on any atom is -0.258 e. The first kappa shape index (κ1) is 17.3. The Morgan fingerprint density at radius 1 is 1.25 bits per heavy atom. The molecule has 0 radical (unpaired) electrons. The van der Waals surface area contributed by atoms with E-state index in [1.54, 1.807) is 12.3 Å². The Labute approximate surface area is 104 Å². The largest absolute Gasteiger partial charge is 0.258 e. The highest BCUT2D eigenvalue weighted by atomic mass is 35.5. The van der Waals surface area contributed by atoms with Gasteiger partial charge in [0, 0.05) is 6.20 Å². The normalized spacial score (nSPS) is 8.19. The molecule has 0 aromatic carbocycles. The molecule has 0 saturated carbocycles. The van der Waals surface area contributed by atoms with Crippen LogP contribution in [0.15, 0.2) is 12.3 Å². The van der Waals surface area contributed by atoms with Crippen LogP contribution >= 0.6 is 11.6 Å². The molecular formula is C13H21ClN2. The lowest BCUT2D eigenvalue weighted by Gasteiger charge is -2.05. The Hall–Kier alpha value is -1.07. The molecule has 1 heterocycles. The van der Waals surface area contributed by atoms with Crippen LogP contribution in [0.1, 0.15) is 58.7 Å². The Morgan fingerprint density at radius 3 is 2.06 bits per heavy atom. The highest BCUT2D eigenvalue weighted by Crippen LogP contribution is 2.21. The van der Waals surface area contributed by atoms with E-state index in [2.05, 4.69) is 4.98 Å². The Bertz CT molecular complexity index is 327. The SMILES string of the molecule is CC.CC.CC(C)c1ncc(C#N)cc1Cl. The second-order valence-electron chi connectivity index (χ2n) is 2.86. The number of aromatic nitrogens is 1. The van der Waals surface area contributed by atoms with E-state index in [9.17, 15) is 0 Å². The summed E-state index contributed by atoms with van der Waals surface area (Å²) in [5, 5.41) is 9.12.